The number of carbonyl (C=O) groups is 1. The van der Waals surface area contributed by atoms with Gasteiger partial charge in [-0.15, -0.1) is 5.10 Å². The van der Waals surface area contributed by atoms with E-state index in [2.05, 4.69) is 32.6 Å². The number of fused-ring (bicyclic) bond motifs is 3. The van der Waals surface area contributed by atoms with Crippen LogP contribution in [0.5, 0.6) is 0 Å². The Morgan fingerprint density at radius 1 is 1.31 bits per heavy atom. The zero-order valence-corrected chi connectivity index (χ0v) is 16.0. The van der Waals surface area contributed by atoms with Crippen LogP contribution in [0.4, 0.5) is 0 Å². The molecule has 0 saturated carbocycles. The quantitative estimate of drug-likeness (QED) is 0.717. The zero-order valence-electron chi connectivity index (χ0n) is 15.2. The predicted octanol–water partition coefficient (Wildman–Crippen LogP) is 2.59. The maximum atomic E-state index is 12.7. The van der Waals surface area contributed by atoms with Crippen molar-refractivity contribution in [2.24, 2.45) is 0 Å². The Balaban J connectivity index is 1.46. The fourth-order valence-corrected chi connectivity index (χ4v) is 4.25. The molecule has 0 bridgehead atoms. The minimum absolute atomic E-state index is 0.120. The molecule has 26 heavy (non-hydrogen) atoms. The summed E-state index contributed by atoms with van der Waals surface area (Å²) in [5.41, 5.74) is 3.42. The van der Waals surface area contributed by atoms with E-state index in [9.17, 15) is 4.79 Å². The number of aromatic nitrogens is 5. The van der Waals surface area contributed by atoms with Gasteiger partial charge in [0.15, 0.2) is 0 Å². The van der Waals surface area contributed by atoms with Crippen LogP contribution in [0.1, 0.15) is 32.0 Å². The number of para-hydroxylation sites is 1. The highest BCUT2D eigenvalue weighted by Crippen LogP contribution is 2.28. The first-order valence-electron chi connectivity index (χ1n) is 8.71. The van der Waals surface area contributed by atoms with Crippen molar-refractivity contribution in [2.75, 3.05) is 12.3 Å². The molecule has 3 aromatic rings. The van der Waals surface area contributed by atoms with Crippen LogP contribution in [0, 0.1) is 0 Å². The largest absolute Gasteiger partial charge is 0.358 e. The summed E-state index contributed by atoms with van der Waals surface area (Å²) in [4.78, 5) is 18.2. The number of hydrogen-bond acceptors (Lipinski definition) is 5. The Morgan fingerprint density at radius 3 is 2.92 bits per heavy atom. The van der Waals surface area contributed by atoms with Crippen LogP contribution in [-0.2, 0) is 23.3 Å². The topological polar surface area (TPSA) is 79.7 Å². The first kappa shape index (κ1) is 17.1. The number of nitrogens with zero attached hydrogens (tertiary/aromatic N) is 5. The van der Waals surface area contributed by atoms with Gasteiger partial charge < -0.3 is 9.88 Å². The van der Waals surface area contributed by atoms with Crippen LogP contribution in [0.15, 0.2) is 29.4 Å². The van der Waals surface area contributed by atoms with E-state index in [0.717, 1.165) is 18.5 Å². The number of aromatic amines is 1. The Kier molecular flexibility index (Phi) is 4.22. The summed E-state index contributed by atoms with van der Waals surface area (Å²) < 4.78 is 1.76. The van der Waals surface area contributed by atoms with Gasteiger partial charge in [-0.1, -0.05) is 30.0 Å². The molecule has 4 rings (SSSR count). The fraction of sp³-hybridized carbons (Fsp3) is 0.444. The monoisotopic (exact) mass is 370 g/mol. The number of nitrogens with one attached hydrogen (secondary N) is 1. The van der Waals surface area contributed by atoms with Gasteiger partial charge in [0.1, 0.15) is 0 Å². The Morgan fingerprint density at radius 2 is 2.12 bits per heavy atom. The molecule has 0 unspecified atom stereocenters. The summed E-state index contributed by atoms with van der Waals surface area (Å²) in [6, 6.07) is 8.27. The Bertz CT molecular complexity index is 954. The van der Waals surface area contributed by atoms with E-state index in [1.165, 1.54) is 28.4 Å². The molecular formula is C18H22N6OS. The Labute approximate surface area is 156 Å². The van der Waals surface area contributed by atoms with E-state index in [1.54, 1.807) is 4.68 Å². The number of benzene rings is 1. The van der Waals surface area contributed by atoms with Gasteiger partial charge in [-0.2, -0.15) is 0 Å². The first-order chi connectivity index (χ1) is 12.4. The number of tetrazole rings is 1. The van der Waals surface area contributed by atoms with Gasteiger partial charge in [-0.05, 0) is 37.3 Å². The van der Waals surface area contributed by atoms with Crippen LogP contribution in [0.25, 0.3) is 10.9 Å². The second-order valence-corrected chi connectivity index (χ2v) is 8.47. The number of hydrogen-bond donors (Lipinski definition) is 1. The van der Waals surface area contributed by atoms with Gasteiger partial charge in [0.2, 0.25) is 11.1 Å². The average Bonchev–Trinajstić information content (AvgIpc) is 3.23. The summed E-state index contributed by atoms with van der Waals surface area (Å²) >= 11 is 1.40. The molecule has 0 radical (unpaired) electrons. The molecular weight excluding hydrogens is 348 g/mol. The highest BCUT2D eigenvalue weighted by molar-refractivity contribution is 7.99. The lowest BCUT2D eigenvalue weighted by molar-refractivity contribution is -0.129. The van der Waals surface area contributed by atoms with Crippen LogP contribution in [0.2, 0.25) is 0 Å². The van der Waals surface area contributed by atoms with Gasteiger partial charge in [0.05, 0.1) is 11.3 Å². The molecule has 0 saturated heterocycles. The average molecular weight is 370 g/mol. The molecule has 0 aliphatic carbocycles. The van der Waals surface area contributed by atoms with E-state index < -0.39 is 0 Å². The smallest absolute Gasteiger partial charge is 0.233 e. The first-order valence-corrected chi connectivity index (χ1v) is 9.70. The molecule has 0 spiro atoms. The van der Waals surface area contributed by atoms with Crippen LogP contribution in [-0.4, -0.2) is 48.3 Å². The molecule has 8 heteroatoms. The van der Waals surface area contributed by atoms with Crippen molar-refractivity contribution in [1.82, 2.24) is 30.1 Å². The second-order valence-electron chi connectivity index (χ2n) is 7.53. The lowest BCUT2D eigenvalue weighted by Gasteiger charge is -2.27. The standard InChI is InChI=1S/C18H22N6OS/c1-18(2,3)24-17(20-21-22-24)26-11-16(25)23-9-8-15-13(10-23)12-6-4-5-7-14(12)19-15/h4-7,19H,8-11H2,1-3H3. The maximum Gasteiger partial charge on any atom is 0.233 e. The van der Waals surface area contributed by atoms with Gasteiger partial charge in [0.25, 0.3) is 0 Å². The Hall–Kier alpha value is -2.35. The normalized spacial score (nSPS) is 14.7. The number of rotatable bonds is 3. The van der Waals surface area contributed by atoms with Crippen LogP contribution < -0.4 is 0 Å². The van der Waals surface area contributed by atoms with E-state index in [1.807, 2.05) is 37.8 Å². The van der Waals surface area contributed by atoms with E-state index in [-0.39, 0.29) is 11.4 Å². The highest BCUT2D eigenvalue weighted by Gasteiger charge is 2.25. The molecule has 136 valence electrons. The number of H-pyrrole nitrogens is 1. The fourth-order valence-electron chi connectivity index (χ4n) is 3.29. The molecule has 0 atom stereocenters. The summed E-state index contributed by atoms with van der Waals surface area (Å²) in [6.45, 7) is 7.52. The van der Waals surface area contributed by atoms with Crippen molar-refractivity contribution in [3.05, 3.63) is 35.5 Å². The van der Waals surface area contributed by atoms with Crippen molar-refractivity contribution in [3.8, 4) is 0 Å². The third-order valence-corrected chi connectivity index (χ3v) is 5.54. The van der Waals surface area contributed by atoms with Gasteiger partial charge >= 0.3 is 0 Å². The van der Waals surface area contributed by atoms with Crippen molar-refractivity contribution in [3.63, 3.8) is 0 Å². The van der Waals surface area contributed by atoms with Gasteiger partial charge in [0, 0.05) is 41.7 Å². The minimum Gasteiger partial charge on any atom is -0.358 e. The van der Waals surface area contributed by atoms with Crippen molar-refractivity contribution >= 4 is 28.6 Å². The SMILES string of the molecule is CC(C)(C)n1nnnc1SCC(=O)N1CCc2[nH]c3ccccc3c2C1. The van der Waals surface area contributed by atoms with Crippen molar-refractivity contribution in [1.29, 1.82) is 0 Å². The van der Waals surface area contributed by atoms with Gasteiger partial charge in [-0.3, -0.25) is 4.79 Å². The molecule has 2 aromatic heterocycles. The second kappa shape index (κ2) is 6.42. The number of carbonyl (C=O) groups excluding carboxylic acids is 1. The third kappa shape index (κ3) is 3.09. The summed E-state index contributed by atoms with van der Waals surface area (Å²) in [7, 11) is 0. The van der Waals surface area contributed by atoms with E-state index in [4.69, 9.17) is 0 Å². The summed E-state index contributed by atoms with van der Waals surface area (Å²) in [5, 5.41) is 13.7. The molecule has 0 fully saturated rings. The lowest BCUT2D eigenvalue weighted by Crippen LogP contribution is -2.37. The molecule has 1 N–H and O–H groups in total. The summed E-state index contributed by atoms with van der Waals surface area (Å²) in [6.07, 6.45) is 0.861. The molecule has 1 aliphatic rings. The minimum atomic E-state index is -0.209. The summed E-state index contributed by atoms with van der Waals surface area (Å²) in [5.74, 6) is 0.461. The molecule has 1 aliphatic heterocycles. The highest BCUT2D eigenvalue weighted by atomic mass is 32.2. The third-order valence-electron chi connectivity index (χ3n) is 4.64. The van der Waals surface area contributed by atoms with Crippen molar-refractivity contribution < 1.29 is 4.79 Å². The van der Waals surface area contributed by atoms with Crippen molar-refractivity contribution in [2.45, 2.75) is 44.4 Å². The van der Waals surface area contributed by atoms with Crippen LogP contribution >= 0.6 is 11.8 Å². The maximum absolute atomic E-state index is 12.7. The molecule has 1 amide bonds. The van der Waals surface area contributed by atoms with E-state index in [0.29, 0.717) is 17.5 Å². The number of amides is 1. The van der Waals surface area contributed by atoms with Gasteiger partial charge in [-0.25, -0.2) is 4.68 Å². The van der Waals surface area contributed by atoms with E-state index >= 15 is 0 Å². The molecule has 7 nitrogen and oxygen atoms in total. The number of thioether (sulfide) groups is 1. The predicted molar refractivity (Wildman–Crippen MR) is 101 cm³/mol. The molecule has 1 aromatic carbocycles. The molecule has 3 heterocycles. The van der Waals surface area contributed by atoms with Crippen LogP contribution in [0.3, 0.4) is 0 Å². The lowest BCUT2D eigenvalue weighted by atomic mass is 10.0. The zero-order chi connectivity index (χ0) is 18.3.